The van der Waals surface area contributed by atoms with Crippen LogP contribution in [0.3, 0.4) is 0 Å². The van der Waals surface area contributed by atoms with Crippen LogP contribution in [0.4, 0.5) is 13.2 Å². The molecule has 0 amide bonds. The molecule has 0 fully saturated rings. The molecule has 0 saturated carbocycles. The predicted octanol–water partition coefficient (Wildman–Crippen LogP) is 2.82. The number of benzene rings is 1. The molecule has 102 valence electrons. The Morgan fingerprint density at radius 1 is 1.22 bits per heavy atom. The fourth-order valence-corrected chi connectivity index (χ4v) is 1.64. The molecule has 18 heavy (non-hydrogen) atoms. The molecule has 0 saturated heterocycles. The molecule has 1 aromatic rings. The largest absolute Gasteiger partial charge is 0.497 e. The monoisotopic (exact) mass is 264 g/mol. The molecule has 6 heteroatoms. The Hall–Kier alpha value is -1.43. The lowest BCUT2D eigenvalue weighted by molar-refractivity contribution is -0.138. The number of halogens is 3. The van der Waals surface area contributed by atoms with Crippen LogP contribution < -0.4 is 9.47 Å². The molecule has 0 bridgehead atoms. The number of hydrogen-bond donors (Lipinski definition) is 1. The molecular formula is C12H15F3O3. The zero-order chi connectivity index (χ0) is 13.9. The van der Waals surface area contributed by atoms with Gasteiger partial charge in [-0.3, -0.25) is 0 Å². The summed E-state index contributed by atoms with van der Waals surface area (Å²) >= 11 is 0. The van der Waals surface area contributed by atoms with E-state index in [4.69, 9.17) is 14.6 Å². The van der Waals surface area contributed by atoms with Crippen LogP contribution in [0.2, 0.25) is 0 Å². The van der Waals surface area contributed by atoms with Crippen molar-refractivity contribution in [3.05, 3.63) is 23.3 Å². The molecule has 1 N–H and O–H groups in total. The van der Waals surface area contributed by atoms with Gasteiger partial charge in [-0.1, -0.05) is 6.92 Å². The second-order valence-electron chi connectivity index (χ2n) is 3.88. The van der Waals surface area contributed by atoms with Gasteiger partial charge in [-0.2, -0.15) is 13.2 Å². The van der Waals surface area contributed by atoms with Gasteiger partial charge in [0.2, 0.25) is 0 Å². The highest BCUT2D eigenvalue weighted by Crippen LogP contribution is 2.42. The highest BCUT2D eigenvalue weighted by atomic mass is 19.4. The summed E-state index contributed by atoms with van der Waals surface area (Å²) in [6.45, 7) is 1.33. The summed E-state index contributed by atoms with van der Waals surface area (Å²) in [5.41, 5.74) is -0.633. The van der Waals surface area contributed by atoms with Crippen molar-refractivity contribution in [3.8, 4) is 11.5 Å². The third-order valence-electron chi connectivity index (χ3n) is 2.64. The summed E-state index contributed by atoms with van der Waals surface area (Å²) < 4.78 is 48.4. The van der Waals surface area contributed by atoms with Gasteiger partial charge in [-0.25, -0.2) is 0 Å². The molecule has 1 rings (SSSR count). The SMILES string of the molecule is COc1cc(C(C)CO)c(OC)c(C(F)(F)F)c1. The quantitative estimate of drug-likeness (QED) is 0.908. The zero-order valence-electron chi connectivity index (χ0n) is 10.3. The number of alkyl halides is 3. The van der Waals surface area contributed by atoms with E-state index >= 15 is 0 Å². The van der Waals surface area contributed by atoms with Crippen molar-refractivity contribution in [1.29, 1.82) is 0 Å². The van der Waals surface area contributed by atoms with E-state index < -0.39 is 17.7 Å². The Bertz CT molecular complexity index is 416. The van der Waals surface area contributed by atoms with Crippen molar-refractivity contribution < 1.29 is 27.8 Å². The van der Waals surface area contributed by atoms with Crippen molar-refractivity contribution in [2.75, 3.05) is 20.8 Å². The van der Waals surface area contributed by atoms with E-state index in [-0.39, 0.29) is 23.7 Å². The maximum Gasteiger partial charge on any atom is 0.420 e. The first kappa shape index (κ1) is 14.6. The average Bonchev–Trinajstić information content (AvgIpc) is 2.34. The van der Waals surface area contributed by atoms with E-state index in [1.165, 1.54) is 20.3 Å². The molecule has 0 heterocycles. The lowest BCUT2D eigenvalue weighted by Crippen LogP contribution is -2.12. The second-order valence-corrected chi connectivity index (χ2v) is 3.88. The van der Waals surface area contributed by atoms with Gasteiger partial charge < -0.3 is 14.6 Å². The summed E-state index contributed by atoms with van der Waals surface area (Å²) in [6, 6.07) is 2.32. The Kier molecular flexibility index (Phi) is 4.45. The van der Waals surface area contributed by atoms with E-state index in [1.807, 2.05) is 0 Å². The topological polar surface area (TPSA) is 38.7 Å². The van der Waals surface area contributed by atoms with Crippen LogP contribution in [0.1, 0.15) is 24.0 Å². The summed E-state index contributed by atoms with van der Waals surface area (Å²) in [4.78, 5) is 0. The molecule has 0 aliphatic heterocycles. The molecule has 3 nitrogen and oxygen atoms in total. The number of methoxy groups -OCH3 is 2. The van der Waals surface area contributed by atoms with Crippen molar-refractivity contribution >= 4 is 0 Å². The molecule has 1 unspecified atom stereocenters. The van der Waals surface area contributed by atoms with Crippen LogP contribution in [0.5, 0.6) is 11.5 Å². The van der Waals surface area contributed by atoms with Crippen LogP contribution in [-0.4, -0.2) is 25.9 Å². The molecule has 0 aromatic heterocycles. The summed E-state index contributed by atoms with van der Waals surface area (Å²) in [6.07, 6.45) is -4.54. The second kappa shape index (κ2) is 5.48. The number of hydrogen-bond acceptors (Lipinski definition) is 3. The minimum absolute atomic E-state index is 0.0819. The lowest BCUT2D eigenvalue weighted by atomic mass is 9.97. The van der Waals surface area contributed by atoms with Gasteiger partial charge in [0.25, 0.3) is 0 Å². The maximum atomic E-state index is 12.9. The van der Waals surface area contributed by atoms with Crippen LogP contribution in [0.25, 0.3) is 0 Å². The first-order valence-corrected chi connectivity index (χ1v) is 5.29. The van der Waals surface area contributed by atoms with Crippen molar-refractivity contribution in [2.45, 2.75) is 19.0 Å². The van der Waals surface area contributed by atoms with Crippen LogP contribution >= 0.6 is 0 Å². The Morgan fingerprint density at radius 3 is 2.22 bits per heavy atom. The Morgan fingerprint density at radius 2 is 1.83 bits per heavy atom. The van der Waals surface area contributed by atoms with Gasteiger partial charge in [0.1, 0.15) is 17.1 Å². The van der Waals surface area contributed by atoms with Gasteiger partial charge in [-0.05, 0) is 12.1 Å². The maximum absolute atomic E-state index is 12.9. The van der Waals surface area contributed by atoms with Crippen LogP contribution in [0.15, 0.2) is 12.1 Å². The number of rotatable bonds is 4. The number of aliphatic hydroxyl groups excluding tert-OH is 1. The predicted molar refractivity (Wildman–Crippen MR) is 60.0 cm³/mol. The van der Waals surface area contributed by atoms with Crippen molar-refractivity contribution in [3.63, 3.8) is 0 Å². The van der Waals surface area contributed by atoms with E-state index in [2.05, 4.69) is 0 Å². The molecule has 0 aliphatic carbocycles. The highest BCUT2D eigenvalue weighted by molar-refractivity contribution is 5.50. The van der Waals surface area contributed by atoms with Gasteiger partial charge in [0, 0.05) is 18.1 Å². The van der Waals surface area contributed by atoms with E-state index in [1.54, 1.807) is 6.92 Å². The smallest absolute Gasteiger partial charge is 0.420 e. The number of aliphatic hydroxyl groups is 1. The van der Waals surface area contributed by atoms with Crippen LogP contribution in [-0.2, 0) is 6.18 Å². The normalized spacial score (nSPS) is 13.3. The summed E-state index contributed by atoms with van der Waals surface area (Å²) in [7, 11) is 2.46. The fourth-order valence-electron chi connectivity index (χ4n) is 1.64. The van der Waals surface area contributed by atoms with Gasteiger partial charge in [0.15, 0.2) is 0 Å². The van der Waals surface area contributed by atoms with Gasteiger partial charge >= 0.3 is 6.18 Å². The van der Waals surface area contributed by atoms with E-state index in [0.717, 1.165) is 6.07 Å². The molecular weight excluding hydrogens is 249 g/mol. The van der Waals surface area contributed by atoms with Gasteiger partial charge in [-0.15, -0.1) is 0 Å². The standard InChI is InChI=1S/C12H15F3O3/c1-7(6-16)9-4-8(17-2)5-10(11(9)18-3)12(13,14)15/h4-5,7,16H,6H2,1-3H3. The lowest BCUT2D eigenvalue weighted by Gasteiger charge is -2.20. The molecule has 0 radical (unpaired) electrons. The zero-order valence-corrected chi connectivity index (χ0v) is 10.3. The summed E-state index contributed by atoms with van der Waals surface area (Å²) in [5, 5.41) is 9.09. The van der Waals surface area contributed by atoms with Crippen LogP contribution in [0, 0.1) is 0 Å². The molecule has 1 atom stereocenters. The summed E-state index contributed by atoms with van der Waals surface area (Å²) in [5.74, 6) is -0.667. The molecule has 0 spiro atoms. The fraction of sp³-hybridized carbons (Fsp3) is 0.500. The molecule has 1 aromatic carbocycles. The van der Waals surface area contributed by atoms with Crippen molar-refractivity contribution in [2.24, 2.45) is 0 Å². The minimum atomic E-state index is -4.54. The highest BCUT2D eigenvalue weighted by Gasteiger charge is 2.36. The van der Waals surface area contributed by atoms with E-state index in [0.29, 0.717) is 0 Å². The average molecular weight is 264 g/mol. The van der Waals surface area contributed by atoms with E-state index in [9.17, 15) is 13.2 Å². The third-order valence-corrected chi connectivity index (χ3v) is 2.64. The Labute approximate surface area is 103 Å². The first-order chi connectivity index (χ1) is 8.35. The molecule has 0 aliphatic rings. The van der Waals surface area contributed by atoms with Crippen molar-refractivity contribution in [1.82, 2.24) is 0 Å². The Balaban J connectivity index is 3.50. The minimum Gasteiger partial charge on any atom is -0.497 e. The first-order valence-electron chi connectivity index (χ1n) is 5.29. The van der Waals surface area contributed by atoms with Gasteiger partial charge in [0.05, 0.1) is 14.2 Å². The number of ether oxygens (including phenoxy) is 2. The third kappa shape index (κ3) is 2.87.